The van der Waals surface area contributed by atoms with Crippen LogP contribution in [0.1, 0.15) is 26.3 Å². The molecule has 2 aromatic carbocycles. The Balaban J connectivity index is 1.89. The smallest absolute Gasteiger partial charge is 0.325 e. The van der Waals surface area contributed by atoms with Crippen molar-refractivity contribution in [3.8, 4) is 0 Å². The first-order valence-electron chi connectivity index (χ1n) is 8.51. The van der Waals surface area contributed by atoms with Gasteiger partial charge < -0.3 is 10.8 Å². The molecule has 0 unspecified atom stereocenters. The van der Waals surface area contributed by atoms with Crippen LogP contribution in [0.15, 0.2) is 54.6 Å². The summed E-state index contributed by atoms with van der Waals surface area (Å²) in [4.78, 5) is 53.4. The van der Waals surface area contributed by atoms with Crippen LogP contribution in [0.3, 0.4) is 0 Å². The van der Waals surface area contributed by atoms with Gasteiger partial charge in [0.15, 0.2) is 0 Å². The lowest BCUT2D eigenvalue weighted by Crippen LogP contribution is -2.51. The molecule has 28 heavy (non-hydrogen) atoms. The molecule has 8 nitrogen and oxygen atoms in total. The molecule has 3 rings (SSSR count). The van der Waals surface area contributed by atoms with Crippen LogP contribution in [-0.2, 0) is 16.0 Å². The van der Waals surface area contributed by atoms with Crippen molar-refractivity contribution in [3.05, 3.63) is 76.8 Å². The van der Waals surface area contributed by atoms with E-state index in [4.69, 9.17) is 5.53 Å². The van der Waals surface area contributed by atoms with Crippen LogP contribution in [0.25, 0.3) is 5.53 Å². The second-order valence-electron chi connectivity index (χ2n) is 6.16. The average Bonchev–Trinajstić information content (AvgIpc) is 2.96. The number of hydrogen-bond donors (Lipinski definition) is 1. The molecule has 140 valence electrons. The quantitative estimate of drug-likeness (QED) is 0.334. The van der Waals surface area contributed by atoms with Gasteiger partial charge in [-0.05, 0) is 17.7 Å². The molecule has 1 heterocycles. The third-order valence-corrected chi connectivity index (χ3v) is 4.35. The Kier molecular flexibility index (Phi) is 5.53. The van der Waals surface area contributed by atoms with Gasteiger partial charge in [0, 0.05) is 6.42 Å². The minimum absolute atomic E-state index is 0.0976. The lowest BCUT2D eigenvalue weighted by atomic mass is 10.0. The molecule has 8 heteroatoms. The zero-order valence-electron chi connectivity index (χ0n) is 14.7. The fourth-order valence-electron chi connectivity index (χ4n) is 3.03. The third kappa shape index (κ3) is 3.77. The van der Waals surface area contributed by atoms with Crippen LogP contribution in [0.4, 0.5) is 0 Å². The summed E-state index contributed by atoms with van der Waals surface area (Å²) in [6, 6.07) is 14.2. The van der Waals surface area contributed by atoms with E-state index in [0.29, 0.717) is 6.21 Å². The molecule has 0 bridgehead atoms. The van der Waals surface area contributed by atoms with Crippen molar-refractivity contribution in [2.75, 3.05) is 6.54 Å². The highest BCUT2D eigenvalue weighted by molar-refractivity contribution is 6.27. The van der Waals surface area contributed by atoms with Crippen molar-refractivity contribution in [2.45, 2.75) is 12.5 Å². The summed E-state index contributed by atoms with van der Waals surface area (Å²) in [6.07, 6.45) is 0.759. The molecular formula is C20H16N4O4. The maximum Gasteiger partial charge on any atom is 0.325 e. The zero-order chi connectivity index (χ0) is 20.1. The van der Waals surface area contributed by atoms with Crippen LogP contribution in [0.2, 0.25) is 0 Å². The van der Waals surface area contributed by atoms with Gasteiger partial charge in [-0.1, -0.05) is 42.5 Å². The summed E-state index contributed by atoms with van der Waals surface area (Å²) in [5.74, 6) is -2.39. The molecule has 0 radical (unpaired) electrons. The molecule has 3 amide bonds. The van der Waals surface area contributed by atoms with Crippen molar-refractivity contribution >= 4 is 29.7 Å². The maximum absolute atomic E-state index is 12.8. The van der Waals surface area contributed by atoms with Crippen molar-refractivity contribution < 1.29 is 24.0 Å². The molecule has 0 saturated heterocycles. The number of carbonyl (C=O) groups is 4. The topological polar surface area (TPSA) is 120 Å². The number of nitrogens with zero attached hydrogens (tertiary/aromatic N) is 3. The number of ketones is 1. The largest absolute Gasteiger partial charge is 0.361 e. The van der Waals surface area contributed by atoms with Gasteiger partial charge in [0.25, 0.3) is 17.6 Å². The van der Waals surface area contributed by atoms with E-state index in [1.54, 1.807) is 36.4 Å². The molecule has 0 saturated carbocycles. The van der Waals surface area contributed by atoms with Gasteiger partial charge in [-0.15, -0.1) is 0 Å². The molecule has 1 N–H and O–H groups in total. The van der Waals surface area contributed by atoms with Crippen LogP contribution < -0.4 is 5.32 Å². The standard InChI is InChI=1S/C20H16N4O4/c21-23-12-14(25)11-22-18(26)17(10-13-6-2-1-3-7-13)24-19(27)15-8-4-5-9-16(15)20(24)28/h1-9,12,17H,10-11H2,(H,22,26)/t17-/m1/s1. The normalized spacial score (nSPS) is 13.5. The van der Waals surface area contributed by atoms with Gasteiger partial charge in [0.2, 0.25) is 5.91 Å². The predicted molar refractivity (Wildman–Crippen MR) is 98.6 cm³/mol. The molecule has 0 aliphatic carbocycles. The first-order valence-corrected chi connectivity index (χ1v) is 8.51. The van der Waals surface area contributed by atoms with E-state index in [1.165, 1.54) is 12.1 Å². The molecule has 1 aliphatic heterocycles. The van der Waals surface area contributed by atoms with Crippen molar-refractivity contribution in [1.29, 1.82) is 0 Å². The van der Waals surface area contributed by atoms with Crippen molar-refractivity contribution in [2.24, 2.45) is 0 Å². The molecule has 1 atom stereocenters. The highest BCUT2D eigenvalue weighted by Gasteiger charge is 2.42. The Hall–Kier alpha value is -3.90. The van der Waals surface area contributed by atoms with Crippen molar-refractivity contribution in [1.82, 2.24) is 10.2 Å². The Morgan fingerprint density at radius 2 is 1.57 bits per heavy atom. The number of fused-ring (bicyclic) bond motifs is 1. The van der Waals surface area contributed by atoms with E-state index in [-0.39, 0.29) is 17.5 Å². The summed E-state index contributed by atoms with van der Waals surface area (Å²) in [5.41, 5.74) is 9.61. The van der Waals surface area contributed by atoms with E-state index < -0.39 is 36.1 Å². The minimum Gasteiger partial charge on any atom is -0.361 e. The zero-order valence-corrected chi connectivity index (χ0v) is 14.7. The summed E-state index contributed by atoms with van der Waals surface area (Å²) < 4.78 is 0. The third-order valence-electron chi connectivity index (χ3n) is 4.35. The van der Waals surface area contributed by atoms with E-state index in [9.17, 15) is 19.2 Å². The Morgan fingerprint density at radius 1 is 1.00 bits per heavy atom. The SMILES string of the molecule is [N-]=[N+]=CC(=O)CNC(=O)[C@@H](Cc1ccccc1)N1C(=O)c2ccccc2C1=O. The average molecular weight is 376 g/mol. The van der Waals surface area contributed by atoms with E-state index in [2.05, 4.69) is 10.1 Å². The number of benzene rings is 2. The number of Topliss-reactive ketones (excluding diaryl/α,β-unsaturated/α-hetero) is 1. The van der Waals surface area contributed by atoms with Gasteiger partial charge >= 0.3 is 6.21 Å². The lowest BCUT2D eigenvalue weighted by Gasteiger charge is -2.25. The second kappa shape index (κ2) is 8.20. The first kappa shape index (κ1) is 18.9. The van der Waals surface area contributed by atoms with Gasteiger partial charge in [-0.3, -0.25) is 24.1 Å². The maximum atomic E-state index is 12.8. The van der Waals surface area contributed by atoms with Gasteiger partial charge in [0.05, 0.1) is 17.7 Å². The van der Waals surface area contributed by atoms with Crippen LogP contribution in [0.5, 0.6) is 0 Å². The molecule has 0 fully saturated rings. The number of amides is 3. The van der Waals surface area contributed by atoms with Gasteiger partial charge in [-0.25, -0.2) is 0 Å². The molecule has 0 aromatic heterocycles. The molecule has 1 aliphatic rings. The van der Waals surface area contributed by atoms with E-state index in [0.717, 1.165) is 10.5 Å². The monoisotopic (exact) mass is 376 g/mol. The van der Waals surface area contributed by atoms with E-state index in [1.807, 2.05) is 6.07 Å². The molecule has 2 aromatic rings. The van der Waals surface area contributed by atoms with E-state index >= 15 is 0 Å². The summed E-state index contributed by atoms with van der Waals surface area (Å²) in [6.45, 7) is -0.419. The summed E-state index contributed by atoms with van der Waals surface area (Å²) in [7, 11) is 0. The number of hydrogen-bond acceptors (Lipinski definition) is 4. The molecular weight excluding hydrogens is 360 g/mol. The predicted octanol–water partition coefficient (Wildman–Crippen LogP) is 0.880. The second-order valence-corrected chi connectivity index (χ2v) is 6.16. The number of imide groups is 1. The van der Waals surface area contributed by atoms with Crippen LogP contribution in [0, 0.1) is 0 Å². The Morgan fingerprint density at radius 3 is 2.14 bits per heavy atom. The van der Waals surface area contributed by atoms with Gasteiger partial charge in [0.1, 0.15) is 6.04 Å². The van der Waals surface area contributed by atoms with Gasteiger partial charge in [-0.2, -0.15) is 4.79 Å². The summed E-state index contributed by atoms with van der Waals surface area (Å²) >= 11 is 0. The fraction of sp³-hybridized carbons (Fsp3) is 0.150. The number of carbonyl (C=O) groups excluding carboxylic acids is 4. The fourth-order valence-corrected chi connectivity index (χ4v) is 3.03. The number of rotatable bonds is 7. The highest BCUT2D eigenvalue weighted by Crippen LogP contribution is 2.26. The first-order chi connectivity index (χ1) is 13.5. The lowest BCUT2D eigenvalue weighted by molar-refractivity contribution is -0.127. The van der Waals surface area contributed by atoms with Crippen LogP contribution in [-0.4, -0.2) is 52.0 Å². The summed E-state index contributed by atoms with van der Waals surface area (Å²) in [5, 5.41) is 2.40. The number of nitrogens with one attached hydrogen (secondary N) is 1. The Labute approximate surface area is 160 Å². The molecule has 0 spiro atoms. The van der Waals surface area contributed by atoms with Crippen LogP contribution >= 0.6 is 0 Å². The van der Waals surface area contributed by atoms with Crippen molar-refractivity contribution in [3.63, 3.8) is 0 Å². The minimum atomic E-state index is -1.13. The highest BCUT2D eigenvalue weighted by atomic mass is 16.2. The Bertz CT molecular complexity index is 961.